The topological polar surface area (TPSA) is 52.6 Å². The van der Waals surface area contributed by atoms with Gasteiger partial charge in [0, 0.05) is 6.42 Å². The molecule has 0 unspecified atom stereocenters. The van der Waals surface area contributed by atoms with Crippen molar-refractivity contribution in [3.8, 4) is 0 Å². The van der Waals surface area contributed by atoms with E-state index in [1.54, 1.807) is 6.92 Å². The van der Waals surface area contributed by atoms with Crippen molar-refractivity contribution in [2.75, 3.05) is 13.2 Å². The maximum atomic E-state index is 11.4. The van der Waals surface area contributed by atoms with Gasteiger partial charge in [0.05, 0.1) is 6.61 Å². The van der Waals surface area contributed by atoms with Crippen LogP contribution in [0.15, 0.2) is 12.2 Å². The van der Waals surface area contributed by atoms with Crippen LogP contribution >= 0.6 is 0 Å². The van der Waals surface area contributed by atoms with Crippen LogP contribution in [0.25, 0.3) is 0 Å². The second-order valence-electron chi connectivity index (χ2n) is 6.80. The lowest BCUT2D eigenvalue weighted by molar-refractivity contribution is -0.158. The predicted molar refractivity (Wildman–Crippen MR) is 107 cm³/mol. The smallest absolute Gasteiger partial charge is 0.344 e. The fraction of sp³-hybridized carbons (Fsp3) is 0.818. The number of unbranched alkanes of at least 4 members (excludes halogenated alkanes) is 11. The third kappa shape index (κ3) is 19.0. The Kier molecular flexibility index (Phi) is 19.0. The Hall–Kier alpha value is -1.32. The van der Waals surface area contributed by atoms with Crippen molar-refractivity contribution in [1.29, 1.82) is 0 Å². The van der Waals surface area contributed by atoms with Crippen LogP contribution in [0.1, 0.15) is 104 Å². The molecule has 0 amide bonds. The zero-order valence-electron chi connectivity index (χ0n) is 17.1. The highest BCUT2D eigenvalue weighted by atomic mass is 16.6. The van der Waals surface area contributed by atoms with Gasteiger partial charge in [-0.15, -0.1) is 0 Å². The summed E-state index contributed by atoms with van der Waals surface area (Å²) in [6.07, 6.45) is 21.0. The summed E-state index contributed by atoms with van der Waals surface area (Å²) in [5, 5.41) is 0. The molecule has 0 aromatic heterocycles. The maximum Gasteiger partial charge on any atom is 0.344 e. The van der Waals surface area contributed by atoms with Crippen molar-refractivity contribution in [3.05, 3.63) is 12.2 Å². The van der Waals surface area contributed by atoms with Gasteiger partial charge in [0.15, 0.2) is 6.61 Å². The number of carbonyl (C=O) groups is 2. The first-order valence-electron chi connectivity index (χ1n) is 10.7. The SMILES string of the molecule is CCCCCCCC/C=C/CCCCCCCC(=O)OCC(=O)OCC. The standard InChI is InChI=1S/C22H40O4/c1-3-5-6-7-8-9-10-11-12-13-14-15-16-17-18-19-21(23)26-20-22(24)25-4-2/h11-12H,3-10,13-20H2,1-2H3/b12-11+. The molecule has 26 heavy (non-hydrogen) atoms. The van der Waals surface area contributed by atoms with Crippen LogP contribution in [-0.4, -0.2) is 25.2 Å². The van der Waals surface area contributed by atoms with E-state index in [0.29, 0.717) is 13.0 Å². The Bertz CT molecular complexity index is 363. The summed E-state index contributed by atoms with van der Waals surface area (Å²) in [5.74, 6) is -0.791. The van der Waals surface area contributed by atoms with Crippen LogP contribution in [0.2, 0.25) is 0 Å². The summed E-state index contributed by atoms with van der Waals surface area (Å²) in [6.45, 7) is 4.03. The van der Waals surface area contributed by atoms with Gasteiger partial charge in [-0.2, -0.15) is 0 Å². The fourth-order valence-electron chi connectivity index (χ4n) is 2.75. The molecule has 0 atom stereocenters. The normalized spacial score (nSPS) is 11.0. The number of esters is 2. The summed E-state index contributed by atoms with van der Waals surface area (Å²) in [7, 11) is 0. The van der Waals surface area contributed by atoms with Crippen molar-refractivity contribution in [3.63, 3.8) is 0 Å². The van der Waals surface area contributed by atoms with Crippen LogP contribution in [0.5, 0.6) is 0 Å². The molecule has 0 aliphatic heterocycles. The molecule has 0 bridgehead atoms. The zero-order chi connectivity index (χ0) is 19.3. The molecule has 0 N–H and O–H groups in total. The number of rotatable bonds is 18. The number of hydrogen-bond acceptors (Lipinski definition) is 4. The molecule has 0 heterocycles. The number of carbonyl (C=O) groups excluding carboxylic acids is 2. The van der Waals surface area contributed by atoms with E-state index in [2.05, 4.69) is 19.1 Å². The Morgan fingerprint density at radius 3 is 1.77 bits per heavy atom. The van der Waals surface area contributed by atoms with Crippen LogP contribution < -0.4 is 0 Å². The Labute approximate surface area is 160 Å². The molecule has 4 heteroatoms. The van der Waals surface area contributed by atoms with Gasteiger partial charge in [-0.25, -0.2) is 4.79 Å². The van der Waals surface area contributed by atoms with E-state index in [9.17, 15) is 9.59 Å². The highest BCUT2D eigenvalue weighted by Gasteiger charge is 2.07. The van der Waals surface area contributed by atoms with E-state index in [4.69, 9.17) is 9.47 Å². The van der Waals surface area contributed by atoms with Crippen molar-refractivity contribution < 1.29 is 19.1 Å². The fourth-order valence-corrected chi connectivity index (χ4v) is 2.75. The van der Waals surface area contributed by atoms with E-state index < -0.39 is 5.97 Å². The lowest BCUT2D eigenvalue weighted by Gasteiger charge is -2.04. The van der Waals surface area contributed by atoms with E-state index in [-0.39, 0.29) is 12.6 Å². The molecule has 0 radical (unpaired) electrons. The number of ether oxygens (including phenoxy) is 2. The van der Waals surface area contributed by atoms with Crippen molar-refractivity contribution >= 4 is 11.9 Å². The highest BCUT2D eigenvalue weighted by Crippen LogP contribution is 2.10. The molecule has 0 fully saturated rings. The van der Waals surface area contributed by atoms with Crippen LogP contribution in [-0.2, 0) is 19.1 Å². The summed E-state index contributed by atoms with van der Waals surface area (Å²) >= 11 is 0. The maximum absolute atomic E-state index is 11.4. The molecule has 0 rings (SSSR count). The minimum atomic E-state index is -0.481. The van der Waals surface area contributed by atoms with Gasteiger partial charge in [-0.05, 0) is 39.0 Å². The van der Waals surface area contributed by atoms with Gasteiger partial charge in [0.25, 0.3) is 0 Å². The number of hydrogen-bond donors (Lipinski definition) is 0. The minimum Gasteiger partial charge on any atom is -0.463 e. The molecule has 0 aromatic rings. The van der Waals surface area contributed by atoms with E-state index >= 15 is 0 Å². The van der Waals surface area contributed by atoms with E-state index in [0.717, 1.165) is 25.7 Å². The quantitative estimate of drug-likeness (QED) is 0.166. The first-order valence-corrected chi connectivity index (χ1v) is 10.7. The average Bonchev–Trinajstić information content (AvgIpc) is 2.63. The molecule has 152 valence electrons. The summed E-state index contributed by atoms with van der Waals surface area (Å²) in [6, 6.07) is 0. The van der Waals surface area contributed by atoms with E-state index in [1.165, 1.54) is 57.8 Å². The van der Waals surface area contributed by atoms with E-state index in [1.807, 2.05) is 0 Å². The monoisotopic (exact) mass is 368 g/mol. The second-order valence-corrected chi connectivity index (χ2v) is 6.80. The molecule has 0 aromatic carbocycles. The van der Waals surface area contributed by atoms with Gasteiger partial charge in [-0.1, -0.05) is 70.4 Å². The van der Waals surface area contributed by atoms with Crippen molar-refractivity contribution in [2.45, 2.75) is 104 Å². The third-order valence-electron chi connectivity index (χ3n) is 4.30. The van der Waals surface area contributed by atoms with Gasteiger partial charge in [-0.3, -0.25) is 4.79 Å². The molecule has 0 aliphatic rings. The largest absolute Gasteiger partial charge is 0.463 e. The molecule has 4 nitrogen and oxygen atoms in total. The lowest BCUT2D eigenvalue weighted by Crippen LogP contribution is -2.16. The molecule has 0 saturated carbocycles. The molecular weight excluding hydrogens is 328 g/mol. The number of allylic oxidation sites excluding steroid dienone is 2. The predicted octanol–water partition coefficient (Wildman–Crippen LogP) is 6.13. The first-order chi connectivity index (χ1) is 12.7. The Morgan fingerprint density at radius 1 is 0.654 bits per heavy atom. The van der Waals surface area contributed by atoms with Crippen molar-refractivity contribution in [1.82, 2.24) is 0 Å². The molecule has 0 saturated heterocycles. The summed E-state index contributed by atoms with van der Waals surface area (Å²) < 4.78 is 9.55. The summed E-state index contributed by atoms with van der Waals surface area (Å²) in [4.78, 5) is 22.5. The Balaban J connectivity index is 3.26. The van der Waals surface area contributed by atoms with Gasteiger partial charge in [0.1, 0.15) is 0 Å². The zero-order valence-corrected chi connectivity index (χ0v) is 17.1. The van der Waals surface area contributed by atoms with Gasteiger partial charge < -0.3 is 9.47 Å². The second kappa shape index (κ2) is 20.0. The third-order valence-corrected chi connectivity index (χ3v) is 4.30. The molecule has 0 aliphatic carbocycles. The van der Waals surface area contributed by atoms with Crippen LogP contribution in [0, 0.1) is 0 Å². The first kappa shape index (κ1) is 24.7. The minimum absolute atomic E-state index is 0.266. The van der Waals surface area contributed by atoms with Crippen LogP contribution in [0.4, 0.5) is 0 Å². The lowest BCUT2D eigenvalue weighted by atomic mass is 10.1. The molecule has 0 spiro atoms. The van der Waals surface area contributed by atoms with Gasteiger partial charge in [0.2, 0.25) is 0 Å². The average molecular weight is 369 g/mol. The molecular formula is C22H40O4. The summed E-state index contributed by atoms with van der Waals surface area (Å²) in [5.41, 5.74) is 0. The highest BCUT2D eigenvalue weighted by molar-refractivity contribution is 5.76. The van der Waals surface area contributed by atoms with Gasteiger partial charge >= 0.3 is 11.9 Å². The van der Waals surface area contributed by atoms with Crippen molar-refractivity contribution in [2.24, 2.45) is 0 Å². The van der Waals surface area contributed by atoms with Crippen LogP contribution in [0.3, 0.4) is 0 Å². The Morgan fingerprint density at radius 2 is 1.19 bits per heavy atom.